The highest BCUT2D eigenvalue weighted by Gasteiger charge is 2.28. The van der Waals surface area contributed by atoms with Crippen molar-refractivity contribution in [2.45, 2.75) is 35.6 Å². The Labute approximate surface area is 146 Å². The summed E-state index contributed by atoms with van der Waals surface area (Å²) in [4.78, 5) is 0.0290. The van der Waals surface area contributed by atoms with Gasteiger partial charge in [0.1, 0.15) is 5.82 Å². The van der Waals surface area contributed by atoms with Crippen LogP contribution in [0.5, 0.6) is 0 Å². The summed E-state index contributed by atoms with van der Waals surface area (Å²) in [6.07, 6.45) is 1.66. The SMILES string of the molecule is Cc1cc(F)ccc1S(=O)(=O)Nc1ccc(S(=O)(=O)NC2CC2)cc1. The first-order chi connectivity index (χ1) is 11.7. The van der Waals surface area contributed by atoms with E-state index in [1.807, 2.05) is 0 Å². The molecular weight excluding hydrogens is 367 g/mol. The molecule has 3 rings (SSSR count). The molecule has 0 unspecified atom stereocenters. The van der Waals surface area contributed by atoms with Crippen molar-refractivity contribution in [3.05, 3.63) is 53.8 Å². The van der Waals surface area contributed by atoms with Gasteiger partial charge in [0.15, 0.2) is 0 Å². The number of benzene rings is 2. The van der Waals surface area contributed by atoms with Gasteiger partial charge in [-0.05, 0) is 67.8 Å². The van der Waals surface area contributed by atoms with Crippen LogP contribution >= 0.6 is 0 Å². The topological polar surface area (TPSA) is 92.3 Å². The molecule has 0 spiro atoms. The average molecular weight is 384 g/mol. The lowest BCUT2D eigenvalue weighted by atomic mass is 10.2. The number of hydrogen-bond acceptors (Lipinski definition) is 4. The highest BCUT2D eigenvalue weighted by Crippen LogP contribution is 2.24. The fourth-order valence-electron chi connectivity index (χ4n) is 2.32. The molecule has 0 amide bonds. The summed E-state index contributed by atoms with van der Waals surface area (Å²) in [5.41, 5.74) is 0.495. The van der Waals surface area contributed by atoms with E-state index in [-0.39, 0.29) is 27.1 Å². The maximum Gasteiger partial charge on any atom is 0.262 e. The first-order valence-corrected chi connectivity index (χ1v) is 10.6. The molecule has 9 heteroatoms. The molecule has 134 valence electrons. The lowest BCUT2D eigenvalue weighted by Gasteiger charge is -2.11. The van der Waals surface area contributed by atoms with Crippen LogP contribution in [0.2, 0.25) is 0 Å². The minimum Gasteiger partial charge on any atom is -0.280 e. The van der Waals surface area contributed by atoms with Crippen LogP contribution in [-0.2, 0) is 20.0 Å². The van der Waals surface area contributed by atoms with Crippen LogP contribution < -0.4 is 9.44 Å². The second kappa shape index (κ2) is 6.40. The molecule has 25 heavy (non-hydrogen) atoms. The van der Waals surface area contributed by atoms with Gasteiger partial charge in [-0.3, -0.25) is 4.72 Å². The quantitative estimate of drug-likeness (QED) is 0.800. The van der Waals surface area contributed by atoms with Gasteiger partial charge in [-0.15, -0.1) is 0 Å². The molecule has 0 aliphatic heterocycles. The Kier molecular flexibility index (Phi) is 4.56. The summed E-state index contributed by atoms with van der Waals surface area (Å²) in [5.74, 6) is -0.519. The molecular formula is C16H17FN2O4S2. The van der Waals surface area contributed by atoms with Crippen LogP contribution in [0.25, 0.3) is 0 Å². The Morgan fingerprint density at radius 3 is 2.16 bits per heavy atom. The Hall–Kier alpha value is -1.97. The van der Waals surface area contributed by atoms with Crippen LogP contribution in [0.15, 0.2) is 52.3 Å². The van der Waals surface area contributed by atoms with Gasteiger partial charge in [-0.25, -0.2) is 25.9 Å². The lowest BCUT2D eigenvalue weighted by molar-refractivity contribution is 0.581. The predicted octanol–water partition coefficient (Wildman–Crippen LogP) is 2.38. The van der Waals surface area contributed by atoms with Gasteiger partial charge < -0.3 is 0 Å². The molecule has 2 N–H and O–H groups in total. The molecule has 0 radical (unpaired) electrons. The first kappa shape index (κ1) is 17.8. The molecule has 1 fully saturated rings. The van der Waals surface area contributed by atoms with Crippen LogP contribution in [0.3, 0.4) is 0 Å². The van der Waals surface area contributed by atoms with Crippen molar-refractivity contribution in [1.29, 1.82) is 0 Å². The molecule has 1 saturated carbocycles. The van der Waals surface area contributed by atoms with Crippen LogP contribution in [0.4, 0.5) is 10.1 Å². The van der Waals surface area contributed by atoms with Gasteiger partial charge >= 0.3 is 0 Å². The van der Waals surface area contributed by atoms with E-state index in [1.54, 1.807) is 0 Å². The second-order valence-corrected chi connectivity index (χ2v) is 9.30. The van der Waals surface area contributed by atoms with E-state index < -0.39 is 25.9 Å². The van der Waals surface area contributed by atoms with Gasteiger partial charge in [0.2, 0.25) is 10.0 Å². The third kappa shape index (κ3) is 4.17. The number of rotatable bonds is 6. The molecule has 0 bridgehead atoms. The van der Waals surface area contributed by atoms with Crippen LogP contribution in [-0.4, -0.2) is 22.9 Å². The Morgan fingerprint density at radius 2 is 1.60 bits per heavy atom. The minimum atomic E-state index is -3.90. The van der Waals surface area contributed by atoms with Gasteiger partial charge in [0, 0.05) is 11.7 Å². The van der Waals surface area contributed by atoms with Crippen molar-refractivity contribution in [2.24, 2.45) is 0 Å². The number of hydrogen-bond donors (Lipinski definition) is 2. The fourth-order valence-corrected chi connectivity index (χ4v) is 4.91. The van der Waals surface area contributed by atoms with E-state index in [2.05, 4.69) is 9.44 Å². The van der Waals surface area contributed by atoms with E-state index in [0.29, 0.717) is 0 Å². The molecule has 0 saturated heterocycles. The smallest absolute Gasteiger partial charge is 0.262 e. The van der Waals surface area contributed by atoms with Crippen molar-refractivity contribution >= 4 is 25.7 Å². The molecule has 0 atom stereocenters. The monoisotopic (exact) mass is 384 g/mol. The molecule has 1 aliphatic carbocycles. The van der Waals surface area contributed by atoms with Crippen molar-refractivity contribution in [3.8, 4) is 0 Å². The summed E-state index contributed by atoms with van der Waals surface area (Å²) >= 11 is 0. The fraction of sp³-hybridized carbons (Fsp3) is 0.250. The van der Waals surface area contributed by atoms with E-state index >= 15 is 0 Å². The molecule has 6 nitrogen and oxygen atoms in total. The Morgan fingerprint density at radius 1 is 0.960 bits per heavy atom. The zero-order valence-electron chi connectivity index (χ0n) is 13.4. The highest BCUT2D eigenvalue weighted by atomic mass is 32.2. The van der Waals surface area contributed by atoms with Gasteiger partial charge in [-0.1, -0.05) is 0 Å². The third-order valence-electron chi connectivity index (χ3n) is 3.74. The standard InChI is InChI=1S/C16H17FN2O4S2/c1-11-10-12(17)2-9-16(11)25(22,23)19-14-5-7-15(8-6-14)24(20,21)18-13-3-4-13/h2,5-10,13,18-19H,3-4H2,1H3. The zero-order valence-corrected chi connectivity index (χ0v) is 15.0. The number of halogens is 1. The van der Waals surface area contributed by atoms with E-state index in [4.69, 9.17) is 0 Å². The normalized spacial score (nSPS) is 15.1. The highest BCUT2D eigenvalue weighted by molar-refractivity contribution is 7.92. The number of aryl methyl sites for hydroxylation is 1. The Bertz CT molecular complexity index is 999. The predicted molar refractivity (Wildman–Crippen MR) is 91.7 cm³/mol. The second-order valence-electron chi connectivity index (χ2n) is 5.94. The van der Waals surface area contributed by atoms with Crippen LogP contribution in [0, 0.1) is 12.7 Å². The van der Waals surface area contributed by atoms with Gasteiger partial charge in [0.25, 0.3) is 10.0 Å². The maximum atomic E-state index is 13.1. The summed E-state index contributed by atoms with van der Waals surface area (Å²) in [6.45, 7) is 1.50. The molecule has 1 aliphatic rings. The van der Waals surface area contributed by atoms with E-state index in [9.17, 15) is 21.2 Å². The minimum absolute atomic E-state index is 0.00960. The number of nitrogens with one attached hydrogen (secondary N) is 2. The van der Waals surface area contributed by atoms with Gasteiger partial charge in [-0.2, -0.15) is 0 Å². The molecule has 0 aromatic heterocycles. The van der Waals surface area contributed by atoms with E-state index in [1.165, 1.54) is 37.3 Å². The van der Waals surface area contributed by atoms with E-state index in [0.717, 1.165) is 25.0 Å². The molecule has 2 aromatic rings. The van der Waals surface area contributed by atoms with Crippen LogP contribution in [0.1, 0.15) is 18.4 Å². The number of anilines is 1. The first-order valence-electron chi connectivity index (χ1n) is 7.59. The summed E-state index contributed by atoms with van der Waals surface area (Å²) < 4.78 is 67.0. The summed E-state index contributed by atoms with van der Waals surface area (Å²) in [5, 5.41) is 0. The van der Waals surface area contributed by atoms with Crippen molar-refractivity contribution in [3.63, 3.8) is 0 Å². The average Bonchev–Trinajstić information content (AvgIpc) is 3.30. The van der Waals surface area contributed by atoms with Crippen molar-refractivity contribution in [1.82, 2.24) is 4.72 Å². The molecule has 0 heterocycles. The van der Waals surface area contributed by atoms with Crippen molar-refractivity contribution in [2.75, 3.05) is 4.72 Å². The third-order valence-corrected chi connectivity index (χ3v) is 6.82. The lowest BCUT2D eigenvalue weighted by Crippen LogP contribution is -2.25. The number of sulfonamides is 2. The maximum absolute atomic E-state index is 13.1. The molecule has 2 aromatic carbocycles. The van der Waals surface area contributed by atoms with Crippen molar-refractivity contribution < 1.29 is 21.2 Å². The summed E-state index contributed by atoms with van der Waals surface area (Å²) in [6, 6.07) is 8.79. The Balaban J connectivity index is 1.80. The largest absolute Gasteiger partial charge is 0.280 e. The zero-order chi connectivity index (χ0) is 18.2. The van der Waals surface area contributed by atoms with Gasteiger partial charge in [0.05, 0.1) is 9.79 Å². The summed E-state index contributed by atoms with van der Waals surface area (Å²) in [7, 11) is -7.49.